The van der Waals surface area contributed by atoms with E-state index in [1.807, 2.05) is 6.08 Å². The normalized spacial score (nSPS) is 38.2. The van der Waals surface area contributed by atoms with Gasteiger partial charge in [-0.05, 0) is 6.42 Å². The Kier molecular flexibility index (Phi) is 1.34. The Balaban J connectivity index is 2.14. The maximum atomic E-state index is 11.0. The van der Waals surface area contributed by atoms with Gasteiger partial charge in [0.05, 0.1) is 12.2 Å². The molecule has 2 atom stereocenters. The fraction of sp³-hybridized carbons (Fsp3) is 0.625. The largest absolute Gasteiger partial charge is 0.366 e. The number of ketones is 1. The maximum Gasteiger partial charge on any atom is 0.135 e. The molecule has 2 aliphatic rings. The first kappa shape index (κ1) is 6.10. The number of Topliss-reactive ketones (excluding diaryl/α,β-unsaturated/α-hetero) is 1. The van der Waals surface area contributed by atoms with E-state index in [2.05, 4.69) is 6.08 Å². The first-order valence-corrected chi connectivity index (χ1v) is 3.70. The quantitative estimate of drug-likeness (QED) is 0.468. The zero-order valence-corrected chi connectivity index (χ0v) is 5.75. The Bertz CT molecular complexity index is 184. The second-order valence-electron chi connectivity index (χ2n) is 2.88. The summed E-state index contributed by atoms with van der Waals surface area (Å²) in [5.41, 5.74) is 0. The zero-order chi connectivity index (χ0) is 6.97. The summed E-state index contributed by atoms with van der Waals surface area (Å²) in [5.74, 6) is 0.344. The van der Waals surface area contributed by atoms with Crippen LogP contribution in [0.4, 0.5) is 0 Å². The number of carbonyl (C=O) groups is 1. The van der Waals surface area contributed by atoms with Crippen molar-refractivity contribution < 1.29 is 9.53 Å². The van der Waals surface area contributed by atoms with Crippen LogP contribution in [0.15, 0.2) is 12.2 Å². The Hall–Kier alpha value is -0.630. The molecule has 2 rings (SSSR count). The SMILES string of the molecule is O=C1CC[C@H]2C=C[C@@H](C1)O2. The van der Waals surface area contributed by atoms with Crippen LogP contribution in [0.3, 0.4) is 0 Å². The Labute approximate surface area is 59.9 Å². The predicted molar refractivity (Wildman–Crippen MR) is 36.7 cm³/mol. The van der Waals surface area contributed by atoms with Crippen LogP contribution in [-0.2, 0) is 9.53 Å². The van der Waals surface area contributed by atoms with Gasteiger partial charge in [-0.25, -0.2) is 0 Å². The average Bonchev–Trinajstić information content (AvgIpc) is 2.22. The van der Waals surface area contributed by atoms with Crippen LogP contribution in [0.2, 0.25) is 0 Å². The van der Waals surface area contributed by atoms with Crippen LogP contribution < -0.4 is 0 Å². The second kappa shape index (κ2) is 2.20. The molecule has 0 spiro atoms. The maximum absolute atomic E-state index is 11.0. The number of fused-ring (bicyclic) bond motifs is 2. The van der Waals surface area contributed by atoms with Gasteiger partial charge in [0.2, 0.25) is 0 Å². The highest BCUT2D eigenvalue weighted by molar-refractivity contribution is 5.79. The Morgan fingerprint density at radius 1 is 1.40 bits per heavy atom. The highest BCUT2D eigenvalue weighted by Gasteiger charge is 2.25. The van der Waals surface area contributed by atoms with Crippen molar-refractivity contribution in [3.8, 4) is 0 Å². The lowest BCUT2D eigenvalue weighted by molar-refractivity contribution is -0.119. The van der Waals surface area contributed by atoms with Gasteiger partial charge in [-0.15, -0.1) is 0 Å². The molecule has 0 radical (unpaired) electrons. The summed E-state index contributed by atoms with van der Waals surface area (Å²) in [6.45, 7) is 0. The van der Waals surface area contributed by atoms with Gasteiger partial charge in [-0.3, -0.25) is 4.79 Å². The molecule has 0 aromatic heterocycles. The Morgan fingerprint density at radius 2 is 2.20 bits per heavy atom. The van der Waals surface area contributed by atoms with Crippen molar-refractivity contribution in [2.45, 2.75) is 31.5 Å². The molecular formula is C8H10O2. The summed E-state index contributed by atoms with van der Waals surface area (Å²) in [7, 11) is 0. The summed E-state index contributed by atoms with van der Waals surface area (Å²) in [4.78, 5) is 11.0. The van der Waals surface area contributed by atoms with Crippen LogP contribution in [0, 0.1) is 0 Å². The van der Waals surface area contributed by atoms with E-state index in [9.17, 15) is 4.79 Å². The molecule has 10 heavy (non-hydrogen) atoms. The molecular weight excluding hydrogens is 128 g/mol. The van der Waals surface area contributed by atoms with E-state index in [1.165, 1.54) is 0 Å². The fourth-order valence-electron chi connectivity index (χ4n) is 1.47. The number of hydrogen-bond donors (Lipinski definition) is 0. The molecule has 0 aliphatic carbocycles. The van der Waals surface area contributed by atoms with Gasteiger partial charge >= 0.3 is 0 Å². The molecule has 2 heteroatoms. The lowest BCUT2D eigenvalue weighted by Crippen LogP contribution is -2.09. The van der Waals surface area contributed by atoms with E-state index in [0.29, 0.717) is 18.6 Å². The van der Waals surface area contributed by atoms with Crippen molar-refractivity contribution >= 4 is 5.78 Å². The minimum atomic E-state index is 0.0972. The molecule has 2 bridgehead atoms. The van der Waals surface area contributed by atoms with E-state index >= 15 is 0 Å². The third-order valence-electron chi connectivity index (χ3n) is 2.03. The minimum absolute atomic E-state index is 0.0972. The van der Waals surface area contributed by atoms with Crippen LogP contribution in [-0.4, -0.2) is 18.0 Å². The van der Waals surface area contributed by atoms with Crippen molar-refractivity contribution in [3.63, 3.8) is 0 Å². The van der Waals surface area contributed by atoms with Gasteiger partial charge in [0, 0.05) is 12.8 Å². The predicted octanol–water partition coefficient (Wildman–Crippen LogP) is 1.06. The monoisotopic (exact) mass is 138 g/mol. The first-order valence-electron chi connectivity index (χ1n) is 3.70. The van der Waals surface area contributed by atoms with Crippen molar-refractivity contribution in [2.24, 2.45) is 0 Å². The second-order valence-corrected chi connectivity index (χ2v) is 2.88. The summed E-state index contributed by atoms with van der Waals surface area (Å²) in [5, 5.41) is 0. The van der Waals surface area contributed by atoms with Crippen LogP contribution >= 0.6 is 0 Å². The van der Waals surface area contributed by atoms with Gasteiger partial charge in [0.25, 0.3) is 0 Å². The first-order chi connectivity index (χ1) is 4.84. The molecule has 1 saturated heterocycles. The molecule has 0 unspecified atom stereocenters. The molecule has 0 amide bonds. The van der Waals surface area contributed by atoms with Gasteiger partial charge in [-0.2, -0.15) is 0 Å². The highest BCUT2D eigenvalue weighted by Crippen LogP contribution is 2.23. The molecule has 2 heterocycles. The average molecular weight is 138 g/mol. The standard InChI is InChI=1S/C8H10O2/c9-6-1-2-7-3-4-8(5-6)10-7/h3-4,7-8H,1-2,5H2/t7-,8-/m0/s1. The van der Waals surface area contributed by atoms with Gasteiger partial charge in [0.15, 0.2) is 0 Å². The molecule has 54 valence electrons. The molecule has 2 nitrogen and oxygen atoms in total. The van der Waals surface area contributed by atoms with Crippen LogP contribution in [0.25, 0.3) is 0 Å². The van der Waals surface area contributed by atoms with E-state index in [4.69, 9.17) is 4.74 Å². The van der Waals surface area contributed by atoms with E-state index < -0.39 is 0 Å². The topological polar surface area (TPSA) is 26.3 Å². The van der Waals surface area contributed by atoms with E-state index in [1.54, 1.807) is 0 Å². The van der Waals surface area contributed by atoms with Crippen molar-refractivity contribution in [1.29, 1.82) is 0 Å². The number of ether oxygens (including phenoxy) is 1. The molecule has 1 fully saturated rings. The molecule has 0 saturated carbocycles. The van der Waals surface area contributed by atoms with Crippen LogP contribution in [0.1, 0.15) is 19.3 Å². The van der Waals surface area contributed by atoms with Crippen molar-refractivity contribution in [2.75, 3.05) is 0 Å². The molecule has 0 aromatic carbocycles. The lowest BCUT2D eigenvalue weighted by atomic mass is 10.1. The van der Waals surface area contributed by atoms with Crippen molar-refractivity contribution in [1.82, 2.24) is 0 Å². The summed E-state index contributed by atoms with van der Waals surface area (Å²) < 4.78 is 5.46. The fourth-order valence-corrected chi connectivity index (χ4v) is 1.47. The van der Waals surface area contributed by atoms with Crippen molar-refractivity contribution in [3.05, 3.63) is 12.2 Å². The third kappa shape index (κ3) is 0.991. The minimum Gasteiger partial charge on any atom is -0.366 e. The summed E-state index contributed by atoms with van der Waals surface area (Å²) >= 11 is 0. The number of carbonyl (C=O) groups excluding carboxylic acids is 1. The molecule has 0 aromatic rings. The number of hydrogen-bond acceptors (Lipinski definition) is 2. The number of rotatable bonds is 0. The zero-order valence-electron chi connectivity index (χ0n) is 5.75. The Morgan fingerprint density at radius 3 is 3.10 bits per heavy atom. The highest BCUT2D eigenvalue weighted by atomic mass is 16.5. The summed E-state index contributed by atoms with van der Waals surface area (Å²) in [6.07, 6.45) is 6.57. The molecule has 2 aliphatic heterocycles. The third-order valence-corrected chi connectivity index (χ3v) is 2.03. The lowest BCUT2D eigenvalue weighted by Gasteiger charge is -2.05. The van der Waals surface area contributed by atoms with E-state index in [0.717, 1.165) is 6.42 Å². The smallest absolute Gasteiger partial charge is 0.135 e. The molecule has 0 N–H and O–H groups in total. The van der Waals surface area contributed by atoms with Gasteiger partial charge in [-0.1, -0.05) is 12.2 Å². The summed E-state index contributed by atoms with van der Waals surface area (Å²) in [6, 6.07) is 0. The van der Waals surface area contributed by atoms with Gasteiger partial charge < -0.3 is 4.74 Å². The van der Waals surface area contributed by atoms with Gasteiger partial charge in [0.1, 0.15) is 5.78 Å². The van der Waals surface area contributed by atoms with E-state index in [-0.39, 0.29) is 12.2 Å². The van der Waals surface area contributed by atoms with Crippen LogP contribution in [0.5, 0.6) is 0 Å².